The Morgan fingerprint density at radius 2 is 2.17 bits per heavy atom. The molecule has 3 rings (SSSR count). The lowest BCUT2D eigenvalue weighted by atomic mass is 10.2. The predicted octanol–water partition coefficient (Wildman–Crippen LogP) is 2.70. The molecule has 0 bridgehead atoms. The van der Waals surface area contributed by atoms with E-state index in [4.69, 9.17) is 17.3 Å². The highest BCUT2D eigenvalue weighted by Crippen LogP contribution is 2.41. The number of alkyl halides is 3. The van der Waals surface area contributed by atoms with E-state index in [1.807, 2.05) is 0 Å². The van der Waals surface area contributed by atoms with E-state index in [2.05, 4.69) is 15.3 Å². The quantitative estimate of drug-likeness (QED) is 0.864. The third-order valence-electron chi connectivity index (χ3n) is 3.57. The first-order valence-corrected chi connectivity index (χ1v) is 7.99. The van der Waals surface area contributed by atoms with Gasteiger partial charge in [-0.15, -0.1) is 0 Å². The SMILES string of the molecule is NC1(C2=NCC(C(=O)Nc3cc(C(F)(F)F)c(Cl)cn3)S2)CC1. The summed E-state index contributed by atoms with van der Waals surface area (Å²) < 4.78 is 38.4. The van der Waals surface area contributed by atoms with E-state index in [-0.39, 0.29) is 12.4 Å². The smallest absolute Gasteiger partial charge is 0.320 e. The number of hydrogen-bond acceptors (Lipinski definition) is 5. The number of halogens is 4. The van der Waals surface area contributed by atoms with Crippen LogP contribution in [0, 0.1) is 0 Å². The molecule has 1 unspecified atom stereocenters. The van der Waals surface area contributed by atoms with E-state index in [0.29, 0.717) is 6.07 Å². The maximum atomic E-state index is 12.8. The Hall–Kier alpha value is -1.32. The lowest BCUT2D eigenvalue weighted by Gasteiger charge is -2.13. The number of thioether (sulfide) groups is 1. The van der Waals surface area contributed by atoms with Crippen LogP contribution in [0.5, 0.6) is 0 Å². The lowest BCUT2D eigenvalue weighted by molar-refractivity contribution is -0.137. The third-order valence-corrected chi connectivity index (χ3v) is 5.28. The van der Waals surface area contributed by atoms with Gasteiger partial charge >= 0.3 is 6.18 Å². The third kappa shape index (κ3) is 3.46. The van der Waals surface area contributed by atoms with Crippen LogP contribution < -0.4 is 11.1 Å². The van der Waals surface area contributed by atoms with Crippen LogP contribution in [0.2, 0.25) is 5.02 Å². The van der Waals surface area contributed by atoms with Crippen molar-refractivity contribution in [1.29, 1.82) is 0 Å². The van der Waals surface area contributed by atoms with Crippen molar-refractivity contribution in [3.8, 4) is 0 Å². The maximum absolute atomic E-state index is 12.8. The lowest BCUT2D eigenvalue weighted by Crippen LogP contribution is -2.31. The Morgan fingerprint density at radius 1 is 1.48 bits per heavy atom. The molecule has 23 heavy (non-hydrogen) atoms. The summed E-state index contributed by atoms with van der Waals surface area (Å²) in [6, 6.07) is 0.715. The molecule has 2 heterocycles. The summed E-state index contributed by atoms with van der Waals surface area (Å²) in [6.45, 7) is 0.254. The van der Waals surface area contributed by atoms with Crippen molar-refractivity contribution in [3.05, 3.63) is 22.8 Å². The molecular formula is C13H12ClF3N4OS. The Labute approximate surface area is 138 Å². The minimum absolute atomic E-state index is 0.199. The molecule has 1 fully saturated rings. The number of aliphatic imine (C=N–C) groups is 1. The first-order chi connectivity index (χ1) is 10.7. The van der Waals surface area contributed by atoms with E-state index >= 15 is 0 Å². The predicted molar refractivity (Wildman–Crippen MR) is 82.7 cm³/mol. The Bertz CT molecular complexity index is 690. The fourth-order valence-corrected chi connectivity index (χ4v) is 3.45. The Balaban J connectivity index is 1.67. The van der Waals surface area contributed by atoms with Gasteiger partial charge in [-0.05, 0) is 18.9 Å². The van der Waals surface area contributed by atoms with Gasteiger partial charge in [0.1, 0.15) is 11.1 Å². The molecule has 1 saturated carbocycles. The monoisotopic (exact) mass is 364 g/mol. The van der Waals surface area contributed by atoms with E-state index < -0.39 is 33.5 Å². The number of amides is 1. The van der Waals surface area contributed by atoms with Gasteiger partial charge in [0.05, 0.1) is 27.7 Å². The molecule has 10 heteroatoms. The summed E-state index contributed by atoms with van der Waals surface area (Å²) in [7, 11) is 0. The van der Waals surface area contributed by atoms with Gasteiger partial charge in [0.25, 0.3) is 0 Å². The molecule has 1 aromatic rings. The highest BCUT2D eigenvalue weighted by Gasteiger charge is 2.47. The van der Waals surface area contributed by atoms with Crippen LogP contribution in [0.15, 0.2) is 17.3 Å². The standard InChI is InChI=1S/C13H12ClF3N4OS/c14-7-4-19-9(3-6(7)13(15,16)17)21-10(22)8-5-20-11(23-8)12(18)1-2-12/h3-4,8H,1-2,5,18H2,(H,19,21,22). The number of pyridine rings is 1. The van der Waals surface area contributed by atoms with Gasteiger partial charge in [0, 0.05) is 6.20 Å². The molecule has 2 aliphatic rings. The molecule has 1 aromatic heterocycles. The fraction of sp³-hybridized carbons (Fsp3) is 0.462. The Morgan fingerprint density at radius 3 is 2.78 bits per heavy atom. The summed E-state index contributed by atoms with van der Waals surface area (Å²) >= 11 is 6.75. The molecule has 5 nitrogen and oxygen atoms in total. The summed E-state index contributed by atoms with van der Waals surface area (Å²) in [5, 5.41) is 2.07. The van der Waals surface area contributed by atoms with E-state index in [0.717, 1.165) is 24.1 Å². The molecule has 0 spiro atoms. The molecule has 1 aliphatic carbocycles. The molecule has 0 radical (unpaired) electrons. The van der Waals surface area contributed by atoms with Gasteiger partial charge in [0.15, 0.2) is 0 Å². The minimum atomic E-state index is -4.62. The number of hydrogen-bond donors (Lipinski definition) is 2. The van der Waals surface area contributed by atoms with Gasteiger partial charge in [-0.1, -0.05) is 23.4 Å². The molecule has 124 valence electrons. The summed E-state index contributed by atoms with van der Waals surface area (Å²) in [5.74, 6) is -0.657. The van der Waals surface area contributed by atoms with Crippen molar-refractivity contribution in [2.45, 2.75) is 29.8 Å². The van der Waals surface area contributed by atoms with E-state index in [9.17, 15) is 18.0 Å². The van der Waals surface area contributed by atoms with Crippen LogP contribution in [-0.4, -0.2) is 33.3 Å². The zero-order chi connectivity index (χ0) is 16.8. The largest absolute Gasteiger partial charge is 0.418 e. The number of rotatable bonds is 3. The zero-order valence-electron chi connectivity index (χ0n) is 11.7. The molecule has 3 N–H and O–H groups in total. The first-order valence-electron chi connectivity index (χ1n) is 6.73. The number of aromatic nitrogens is 1. The number of carbonyl (C=O) groups excluding carboxylic acids is 1. The van der Waals surface area contributed by atoms with Gasteiger partial charge in [-0.3, -0.25) is 9.79 Å². The summed E-state index contributed by atoms with van der Waals surface area (Å²) in [6.07, 6.45) is -2.08. The normalized spacial score (nSPS) is 22.7. The van der Waals surface area contributed by atoms with Gasteiger partial charge in [0.2, 0.25) is 5.91 Å². The second-order valence-corrected chi connectivity index (χ2v) is 7.04. The molecule has 1 aliphatic heterocycles. The fourth-order valence-electron chi connectivity index (χ4n) is 2.07. The Kier molecular flexibility index (Phi) is 4.06. The molecule has 1 atom stereocenters. The second kappa shape index (κ2) is 5.64. The average molecular weight is 365 g/mol. The van der Waals surface area contributed by atoms with Gasteiger partial charge in [-0.25, -0.2) is 4.98 Å². The van der Waals surface area contributed by atoms with Crippen molar-refractivity contribution in [2.75, 3.05) is 11.9 Å². The van der Waals surface area contributed by atoms with Crippen molar-refractivity contribution in [2.24, 2.45) is 10.7 Å². The molecule has 0 aromatic carbocycles. The average Bonchev–Trinajstić information content (AvgIpc) is 3.02. The number of nitrogens with two attached hydrogens (primary N) is 1. The van der Waals surface area contributed by atoms with Gasteiger partial charge < -0.3 is 11.1 Å². The highest BCUT2D eigenvalue weighted by atomic mass is 35.5. The number of anilines is 1. The van der Waals surface area contributed by atoms with Crippen molar-refractivity contribution >= 4 is 40.1 Å². The first kappa shape index (κ1) is 16.5. The number of carbonyl (C=O) groups is 1. The number of nitrogens with one attached hydrogen (secondary N) is 1. The van der Waals surface area contributed by atoms with Crippen LogP contribution in [-0.2, 0) is 11.0 Å². The van der Waals surface area contributed by atoms with Crippen LogP contribution in [0.3, 0.4) is 0 Å². The second-order valence-electron chi connectivity index (χ2n) is 5.44. The van der Waals surface area contributed by atoms with Crippen LogP contribution in [0.4, 0.5) is 19.0 Å². The van der Waals surface area contributed by atoms with Crippen LogP contribution in [0.1, 0.15) is 18.4 Å². The van der Waals surface area contributed by atoms with Crippen LogP contribution >= 0.6 is 23.4 Å². The summed E-state index contributed by atoms with van der Waals surface area (Å²) in [5.41, 5.74) is 4.56. The van der Waals surface area contributed by atoms with Crippen molar-refractivity contribution in [3.63, 3.8) is 0 Å². The van der Waals surface area contributed by atoms with Crippen LogP contribution in [0.25, 0.3) is 0 Å². The zero-order valence-corrected chi connectivity index (χ0v) is 13.2. The minimum Gasteiger partial charge on any atom is -0.320 e. The topological polar surface area (TPSA) is 80.4 Å². The summed E-state index contributed by atoms with van der Waals surface area (Å²) in [4.78, 5) is 20.1. The van der Waals surface area contributed by atoms with E-state index in [1.54, 1.807) is 0 Å². The molecule has 1 amide bonds. The number of nitrogens with zero attached hydrogens (tertiary/aromatic N) is 2. The van der Waals surface area contributed by atoms with Crippen molar-refractivity contribution < 1.29 is 18.0 Å². The molecular weight excluding hydrogens is 353 g/mol. The van der Waals surface area contributed by atoms with E-state index in [1.165, 1.54) is 11.8 Å². The van der Waals surface area contributed by atoms with Crippen molar-refractivity contribution in [1.82, 2.24) is 4.98 Å². The molecule has 0 saturated heterocycles. The maximum Gasteiger partial charge on any atom is 0.418 e. The van der Waals surface area contributed by atoms with Gasteiger partial charge in [-0.2, -0.15) is 13.2 Å². The highest BCUT2D eigenvalue weighted by molar-refractivity contribution is 8.15.